The monoisotopic (exact) mass is 239 g/mol. The summed E-state index contributed by atoms with van der Waals surface area (Å²) in [4.78, 5) is 14.4. The van der Waals surface area contributed by atoms with Crippen molar-refractivity contribution in [3.63, 3.8) is 0 Å². The molecule has 1 saturated heterocycles. The summed E-state index contributed by atoms with van der Waals surface area (Å²) < 4.78 is 0. The lowest BCUT2D eigenvalue weighted by Gasteiger charge is -2.23. The first kappa shape index (κ1) is 12.8. The molecule has 1 aliphatic heterocycles. The van der Waals surface area contributed by atoms with E-state index in [1.807, 2.05) is 0 Å². The Kier molecular flexibility index (Phi) is 4.80. The van der Waals surface area contributed by atoms with Crippen molar-refractivity contribution in [3.05, 3.63) is 0 Å². The van der Waals surface area contributed by atoms with Gasteiger partial charge in [-0.15, -0.1) is 0 Å². The first-order valence-electron chi connectivity index (χ1n) is 7.03. The zero-order valence-corrected chi connectivity index (χ0v) is 10.9. The molecule has 2 fully saturated rings. The smallest absolute Gasteiger partial charge is 0.223 e. The van der Waals surface area contributed by atoms with E-state index in [0.717, 1.165) is 51.6 Å². The maximum atomic E-state index is 11.9. The standard InChI is InChI=1S/C13H25N3O/c1-2-16(12-3-4-12)10-9-15-13(17)11-5-7-14-8-6-11/h11-12,14H,2-10H2,1H3,(H,15,17). The number of piperidine rings is 1. The zero-order valence-electron chi connectivity index (χ0n) is 10.9. The van der Waals surface area contributed by atoms with Crippen LogP contribution in [0.2, 0.25) is 0 Å². The molecular formula is C13H25N3O. The minimum atomic E-state index is 0.243. The molecule has 1 saturated carbocycles. The van der Waals surface area contributed by atoms with Gasteiger partial charge in [-0.2, -0.15) is 0 Å². The van der Waals surface area contributed by atoms with Crippen molar-refractivity contribution in [2.24, 2.45) is 5.92 Å². The number of likely N-dealkylation sites (N-methyl/N-ethyl adjacent to an activating group) is 1. The maximum Gasteiger partial charge on any atom is 0.223 e. The van der Waals surface area contributed by atoms with Crippen molar-refractivity contribution >= 4 is 5.91 Å². The summed E-state index contributed by atoms with van der Waals surface area (Å²) in [7, 11) is 0. The van der Waals surface area contributed by atoms with Crippen molar-refractivity contribution in [3.8, 4) is 0 Å². The number of nitrogens with zero attached hydrogens (tertiary/aromatic N) is 1. The Morgan fingerprint density at radius 2 is 2.00 bits per heavy atom. The number of hydrogen-bond donors (Lipinski definition) is 2. The number of hydrogen-bond acceptors (Lipinski definition) is 3. The van der Waals surface area contributed by atoms with Gasteiger partial charge in [-0.3, -0.25) is 9.69 Å². The third kappa shape index (κ3) is 3.96. The summed E-state index contributed by atoms with van der Waals surface area (Å²) in [6.07, 6.45) is 4.67. The number of amides is 1. The fourth-order valence-corrected chi connectivity index (χ4v) is 2.59. The third-order valence-electron chi connectivity index (χ3n) is 3.88. The van der Waals surface area contributed by atoms with E-state index in [9.17, 15) is 4.79 Å². The van der Waals surface area contributed by atoms with Crippen LogP contribution in [0.3, 0.4) is 0 Å². The van der Waals surface area contributed by atoms with Crippen LogP contribution >= 0.6 is 0 Å². The van der Waals surface area contributed by atoms with Crippen LogP contribution in [-0.2, 0) is 4.79 Å². The van der Waals surface area contributed by atoms with Crippen LogP contribution in [0, 0.1) is 5.92 Å². The molecule has 0 aromatic carbocycles. The maximum absolute atomic E-state index is 11.9. The van der Waals surface area contributed by atoms with Crippen molar-refractivity contribution in [2.45, 2.75) is 38.6 Å². The lowest BCUT2D eigenvalue weighted by atomic mass is 9.97. The van der Waals surface area contributed by atoms with Crippen LogP contribution < -0.4 is 10.6 Å². The fraction of sp³-hybridized carbons (Fsp3) is 0.923. The second-order valence-electron chi connectivity index (χ2n) is 5.18. The van der Waals surface area contributed by atoms with E-state index in [4.69, 9.17) is 0 Å². The number of rotatable bonds is 6. The minimum Gasteiger partial charge on any atom is -0.355 e. The van der Waals surface area contributed by atoms with Crippen LogP contribution in [0.1, 0.15) is 32.6 Å². The van der Waals surface area contributed by atoms with Crippen LogP contribution in [0.4, 0.5) is 0 Å². The summed E-state index contributed by atoms with van der Waals surface area (Å²) in [5.74, 6) is 0.505. The van der Waals surface area contributed by atoms with Crippen LogP contribution in [0.25, 0.3) is 0 Å². The summed E-state index contributed by atoms with van der Waals surface area (Å²) >= 11 is 0. The predicted octanol–water partition coefficient (Wildman–Crippen LogP) is 0.587. The van der Waals surface area contributed by atoms with Crippen LogP contribution in [-0.4, -0.2) is 49.6 Å². The van der Waals surface area contributed by atoms with Crippen LogP contribution in [0.15, 0.2) is 0 Å². The Labute approximate surface area is 104 Å². The van der Waals surface area contributed by atoms with E-state index in [1.165, 1.54) is 12.8 Å². The molecule has 0 radical (unpaired) electrons. The lowest BCUT2D eigenvalue weighted by Crippen LogP contribution is -2.41. The van der Waals surface area contributed by atoms with Gasteiger partial charge >= 0.3 is 0 Å². The molecule has 17 heavy (non-hydrogen) atoms. The molecule has 0 unspecified atom stereocenters. The van der Waals surface area contributed by atoms with Gasteiger partial charge in [-0.1, -0.05) is 6.92 Å². The van der Waals surface area contributed by atoms with Gasteiger partial charge in [0, 0.05) is 25.0 Å². The Balaban J connectivity index is 1.61. The predicted molar refractivity (Wildman–Crippen MR) is 68.9 cm³/mol. The van der Waals surface area contributed by atoms with Gasteiger partial charge < -0.3 is 10.6 Å². The molecule has 4 heteroatoms. The molecule has 1 heterocycles. The van der Waals surface area contributed by atoms with E-state index in [-0.39, 0.29) is 11.8 Å². The normalized spacial score (nSPS) is 21.8. The molecule has 0 aromatic rings. The molecular weight excluding hydrogens is 214 g/mol. The van der Waals surface area contributed by atoms with Gasteiger partial charge in [-0.25, -0.2) is 0 Å². The molecule has 0 aromatic heterocycles. The van der Waals surface area contributed by atoms with Crippen molar-refractivity contribution in [2.75, 3.05) is 32.7 Å². The Morgan fingerprint density at radius 1 is 1.29 bits per heavy atom. The van der Waals surface area contributed by atoms with E-state index in [2.05, 4.69) is 22.5 Å². The second-order valence-corrected chi connectivity index (χ2v) is 5.18. The lowest BCUT2D eigenvalue weighted by molar-refractivity contribution is -0.125. The van der Waals surface area contributed by atoms with Crippen molar-refractivity contribution in [1.82, 2.24) is 15.5 Å². The highest BCUT2D eigenvalue weighted by atomic mass is 16.1. The molecule has 4 nitrogen and oxygen atoms in total. The molecule has 1 amide bonds. The number of carbonyl (C=O) groups excluding carboxylic acids is 1. The molecule has 98 valence electrons. The topological polar surface area (TPSA) is 44.4 Å². The highest BCUT2D eigenvalue weighted by Gasteiger charge is 2.27. The first-order chi connectivity index (χ1) is 8.31. The van der Waals surface area contributed by atoms with E-state index in [1.54, 1.807) is 0 Å². The number of carbonyl (C=O) groups is 1. The second kappa shape index (κ2) is 6.36. The first-order valence-corrected chi connectivity index (χ1v) is 7.03. The van der Waals surface area contributed by atoms with Crippen molar-refractivity contribution < 1.29 is 4.79 Å². The summed E-state index contributed by atoms with van der Waals surface area (Å²) in [6, 6.07) is 0.802. The largest absolute Gasteiger partial charge is 0.355 e. The average molecular weight is 239 g/mol. The van der Waals surface area contributed by atoms with Gasteiger partial charge in [0.2, 0.25) is 5.91 Å². The highest BCUT2D eigenvalue weighted by molar-refractivity contribution is 5.78. The Morgan fingerprint density at radius 3 is 2.59 bits per heavy atom. The van der Waals surface area contributed by atoms with Crippen LogP contribution in [0.5, 0.6) is 0 Å². The quantitative estimate of drug-likeness (QED) is 0.713. The molecule has 0 spiro atoms. The van der Waals surface area contributed by atoms with E-state index >= 15 is 0 Å². The summed E-state index contributed by atoms with van der Waals surface area (Å²) in [6.45, 7) is 7.11. The summed E-state index contributed by atoms with van der Waals surface area (Å²) in [5, 5.41) is 6.38. The van der Waals surface area contributed by atoms with Gasteiger partial charge in [0.15, 0.2) is 0 Å². The minimum absolute atomic E-state index is 0.243. The molecule has 1 aliphatic carbocycles. The van der Waals surface area contributed by atoms with Crippen molar-refractivity contribution in [1.29, 1.82) is 0 Å². The van der Waals surface area contributed by atoms with E-state index in [0.29, 0.717) is 0 Å². The molecule has 2 N–H and O–H groups in total. The van der Waals surface area contributed by atoms with Gasteiger partial charge in [0.25, 0.3) is 0 Å². The van der Waals surface area contributed by atoms with E-state index < -0.39 is 0 Å². The highest BCUT2D eigenvalue weighted by Crippen LogP contribution is 2.25. The average Bonchev–Trinajstić information content (AvgIpc) is 3.20. The van der Waals surface area contributed by atoms with Gasteiger partial charge in [0.1, 0.15) is 0 Å². The molecule has 2 rings (SSSR count). The summed E-state index contributed by atoms with van der Waals surface area (Å²) in [5.41, 5.74) is 0. The third-order valence-corrected chi connectivity index (χ3v) is 3.88. The zero-order chi connectivity index (χ0) is 12.1. The Hall–Kier alpha value is -0.610. The Bertz CT molecular complexity index is 247. The molecule has 2 aliphatic rings. The molecule has 0 bridgehead atoms. The van der Waals surface area contributed by atoms with Gasteiger partial charge in [-0.05, 0) is 45.3 Å². The fourth-order valence-electron chi connectivity index (χ4n) is 2.59. The SMILES string of the molecule is CCN(CCNC(=O)C1CCNCC1)C1CC1. The van der Waals surface area contributed by atoms with Gasteiger partial charge in [0.05, 0.1) is 0 Å². The molecule has 0 atom stereocenters. The number of nitrogens with one attached hydrogen (secondary N) is 2.